The van der Waals surface area contributed by atoms with E-state index < -0.39 is 49.6 Å². The Bertz CT molecular complexity index is 3530. The lowest BCUT2D eigenvalue weighted by atomic mass is 10.0. The molecule has 7 rings (SSSR count). The van der Waals surface area contributed by atoms with Crippen LogP contribution < -0.4 is 61.7 Å². The number of hydrogen-bond donors (Lipinski definition) is 11. The fourth-order valence-electron chi connectivity index (χ4n) is 8.95. The lowest BCUT2D eigenvalue weighted by Gasteiger charge is -2.26. The van der Waals surface area contributed by atoms with Crippen molar-refractivity contribution < 1.29 is 64.6 Å². The molecule has 446 valence electrons. The van der Waals surface area contributed by atoms with Gasteiger partial charge in [-0.2, -0.15) is 0 Å². The minimum atomic E-state index is -4.17. The van der Waals surface area contributed by atoms with Gasteiger partial charge in [-0.1, -0.05) is 12.1 Å². The Hall–Kier alpha value is -8.73. The minimum Gasteiger partial charge on any atom is -0.395 e. The predicted octanol–water partition coefficient (Wildman–Crippen LogP) is 3.21. The Labute approximate surface area is 487 Å². The molecule has 3 heterocycles. The quantitative estimate of drug-likeness (QED) is 0.0153. The zero-order valence-electron chi connectivity index (χ0n) is 47.0. The van der Waals surface area contributed by atoms with E-state index >= 15 is 0 Å². The highest BCUT2D eigenvalue weighted by Crippen LogP contribution is 2.30. The van der Waals surface area contributed by atoms with Gasteiger partial charge in [0.1, 0.15) is 25.4 Å². The van der Waals surface area contributed by atoms with Crippen molar-refractivity contribution in [1.29, 1.82) is 0 Å². The number of hydrazine groups is 2. The van der Waals surface area contributed by atoms with Gasteiger partial charge in [-0.05, 0) is 136 Å². The van der Waals surface area contributed by atoms with Crippen LogP contribution in [0.5, 0.6) is 0 Å². The topological polar surface area (TPSA) is 324 Å². The Balaban J connectivity index is 0.844. The first kappa shape index (κ1) is 62.9. The van der Waals surface area contributed by atoms with Gasteiger partial charge in [0.25, 0.3) is 26.0 Å². The van der Waals surface area contributed by atoms with Crippen LogP contribution in [-0.4, -0.2) is 109 Å². The summed E-state index contributed by atoms with van der Waals surface area (Å²) in [5.74, 6) is -4.04. The normalized spacial score (nSPS) is 12.5. The van der Waals surface area contributed by atoms with Gasteiger partial charge in [0.2, 0.25) is 0 Å². The number of nitrogens with one attached hydrogen (secondary N) is 10. The molecule has 0 spiro atoms. The van der Waals surface area contributed by atoms with Crippen LogP contribution in [-0.2, 0) is 68.5 Å². The Morgan fingerprint density at radius 3 is 1.70 bits per heavy atom. The number of anilines is 6. The first-order chi connectivity index (χ1) is 40.3. The summed E-state index contributed by atoms with van der Waals surface area (Å²) in [6.45, 7) is 12.1. The molecule has 0 bridgehead atoms. The highest BCUT2D eigenvalue weighted by Gasteiger charge is 2.25. The van der Waals surface area contributed by atoms with Crippen molar-refractivity contribution in [3.8, 4) is 0 Å². The maximum Gasteiger partial charge on any atom is 0.327 e. The van der Waals surface area contributed by atoms with Crippen LogP contribution in [0.15, 0.2) is 132 Å². The van der Waals surface area contributed by atoms with Gasteiger partial charge in [-0.15, -0.1) is 0 Å². The second-order valence-electron chi connectivity index (χ2n) is 19.7. The Kier molecular flexibility index (Phi) is 22.5. The van der Waals surface area contributed by atoms with Gasteiger partial charge < -0.3 is 25.8 Å². The lowest BCUT2D eigenvalue weighted by Crippen LogP contribution is -2.43. The third-order valence-corrected chi connectivity index (χ3v) is 16.4. The summed E-state index contributed by atoms with van der Waals surface area (Å²) in [6, 6.07) is 25.7. The smallest absolute Gasteiger partial charge is 0.327 e. The molecule has 5 amide bonds. The van der Waals surface area contributed by atoms with E-state index in [0.29, 0.717) is 73.1 Å². The summed E-state index contributed by atoms with van der Waals surface area (Å²) >= 11 is 0. The maximum atomic E-state index is 13.8. The molecule has 0 atom stereocenters. The van der Waals surface area contributed by atoms with E-state index in [4.69, 9.17) is 14.7 Å². The average molecular weight is 1190 g/mol. The fourth-order valence-corrected chi connectivity index (χ4v) is 11.6. The number of unbranched alkanes of at least 4 members (excludes halogenated alkanes) is 1. The number of aliphatic hydroxyl groups is 1. The van der Waals surface area contributed by atoms with E-state index in [1.54, 1.807) is 39.0 Å². The summed E-state index contributed by atoms with van der Waals surface area (Å²) in [5.41, 5.74) is 18.2. The number of aryl methyl sites for hydroxylation is 4. The number of nitrogens with zero attached hydrogens (tertiary/aromatic N) is 3. The molecule has 27 heteroatoms. The van der Waals surface area contributed by atoms with Gasteiger partial charge in [0.15, 0.2) is 24.8 Å². The van der Waals surface area contributed by atoms with Crippen molar-refractivity contribution in [1.82, 2.24) is 26.4 Å². The Morgan fingerprint density at radius 1 is 0.595 bits per heavy atom. The number of aromatic nitrogens is 2. The van der Waals surface area contributed by atoms with E-state index in [-0.39, 0.29) is 52.1 Å². The van der Waals surface area contributed by atoms with Crippen LogP contribution >= 0.6 is 0 Å². The van der Waals surface area contributed by atoms with Gasteiger partial charge in [-0.25, -0.2) is 26.0 Å². The molecular formula is C57H71N13O12S2+2. The first-order valence-corrected chi connectivity index (χ1v) is 30.0. The number of ether oxygens (including phenoxy) is 1. The molecule has 1 aliphatic rings. The van der Waals surface area contributed by atoms with Crippen molar-refractivity contribution >= 4 is 83.7 Å². The average Bonchev–Trinajstić information content (AvgIpc) is 1.57. The number of benzene rings is 4. The van der Waals surface area contributed by atoms with Crippen molar-refractivity contribution in [2.75, 3.05) is 83.6 Å². The molecule has 2 aromatic heterocycles. The number of carbonyl (C=O) groups excluding carboxylic acids is 5. The van der Waals surface area contributed by atoms with E-state index in [2.05, 4.69) is 62.0 Å². The highest BCUT2D eigenvalue weighted by molar-refractivity contribution is 7.93. The Morgan fingerprint density at radius 2 is 1.12 bits per heavy atom. The second-order valence-corrected chi connectivity index (χ2v) is 23.0. The van der Waals surface area contributed by atoms with E-state index in [9.17, 15) is 40.8 Å². The predicted molar refractivity (Wildman–Crippen MR) is 314 cm³/mol. The molecule has 6 aromatic rings. The standard InChI is InChI=1S/C57H69N13O12S2/c1-39-12-22-49(83(77,78)66-46-18-14-44(15-19-46)61-63-56(75)54(73)58-24-9-30-68-31-34-81-35-32-68)41(3)51(39)53(72)60-48-11-8-29-70(37-48)27-6-5-26-69-28-7-10-43(36-69)38-82-65-52-40(2)13-23-50(42(52)4)84(79,80)67-47-20-16-45(17-21-47)62-64-57(76)55(74)59-25-33-71/h7-8,10-23,28-29,36-37,65,71H,5-6,9,24-27,30-35,38H2,1-4H3,(H7-2,58,59,60,61,62,63,64,66,67,72,73,74,75,76)/p+2. The third kappa shape index (κ3) is 18.1. The SMILES string of the molecule is Cc1ccc(S(=O)(=O)Nc2ccc(NNC(=O)C(=O)NCCO)cc2)c(C)c1NOCc1ccc[n+](CCCC[n+]2cccc(NC(=O)c3c(C)ccc(S(=O)(=O)Nc4ccc(NNC(=O)C(=O)NCCCN5CCOCC5)cc4)c3C)c2)c1. The highest BCUT2D eigenvalue weighted by atomic mass is 32.2. The molecular weight excluding hydrogens is 1120 g/mol. The van der Waals surface area contributed by atoms with Crippen molar-refractivity contribution in [2.24, 2.45) is 0 Å². The number of hydrogen-bond acceptors (Lipinski definition) is 16. The number of rotatable bonds is 27. The molecule has 11 N–H and O–H groups in total. The van der Waals surface area contributed by atoms with Crippen molar-refractivity contribution in [2.45, 2.75) is 76.4 Å². The molecule has 0 saturated carbocycles. The monoisotopic (exact) mass is 1190 g/mol. The number of amides is 5. The van der Waals surface area contributed by atoms with Gasteiger partial charge in [-0.3, -0.25) is 70.3 Å². The number of sulfonamides is 2. The number of morpholine rings is 1. The van der Waals surface area contributed by atoms with Crippen LogP contribution in [0.2, 0.25) is 0 Å². The largest absolute Gasteiger partial charge is 0.395 e. The summed E-state index contributed by atoms with van der Waals surface area (Å²) < 4.78 is 69.1. The van der Waals surface area contributed by atoms with Gasteiger partial charge in [0, 0.05) is 73.7 Å². The van der Waals surface area contributed by atoms with Crippen LogP contribution in [0.4, 0.5) is 34.1 Å². The van der Waals surface area contributed by atoms with Crippen LogP contribution in [0.3, 0.4) is 0 Å². The number of pyridine rings is 2. The minimum absolute atomic E-state index is 0.0311. The zero-order valence-corrected chi connectivity index (χ0v) is 48.7. The second kappa shape index (κ2) is 30.0. The van der Waals surface area contributed by atoms with E-state index in [1.807, 2.05) is 54.5 Å². The third-order valence-electron chi connectivity index (χ3n) is 13.3. The summed E-state index contributed by atoms with van der Waals surface area (Å²) in [5, 5.41) is 16.6. The summed E-state index contributed by atoms with van der Waals surface area (Å²) in [7, 11) is -8.23. The van der Waals surface area contributed by atoms with Crippen molar-refractivity contribution in [3.63, 3.8) is 0 Å². The number of aliphatic hydroxyl groups excluding tert-OH is 1. The lowest BCUT2D eigenvalue weighted by molar-refractivity contribution is -0.708. The van der Waals surface area contributed by atoms with Gasteiger partial charge >= 0.3 is 23.6 Å². The van der Waals surface area contributed by atoms with Crippen LogP contribution in [0.1, 0.15) is 57.4 Å². The summed E-state index contributed by atoms with van der Waals surface area (Å²) in [4.78, 5) is 70.2. The number of carbonyl (C=O) groups is 5. The molecule has 0 radical (unpaired) electrons. The molecule has 25 nitrogen and oxygen atoms in total. The molecule has 84 heavy (non-hydrogen) atoms. The summed E-state index contributed by atoms with van der Waals surface area (Å²) in [6.07, 6.45) is 9.96. The van der Waals surface area contributed by atoms with E-state index in [1.165, 1.54) is 60.7 Å². The van der Waals surface area contributed by atoms with Gasteiger partial charge in [0.05, 0.1) is 46.7 Å². The zero-order chi connectivity index (χ0) is 60.2. The van der Waals surface area contributed by atoms with E-state index in [0.717, 1.165) is 43.6 Å². The van der Waals surface area contributed by atoms with Crippen LogP contribution in [0.25, 0.3) is 0 Å². The molecule has 1 saturated heterocycles. The molecule has 1 fully saturated rings. The molecule has 0 unspecified atom stereocenters. The van der Waals surface area contributed by atoms with Crippen LogP contribution in [0, 0.1) is 27.7 Å². The molecule has 1 aliphatic heterocycles. The molecule has 0 aliphatic carbocycles. The first-order valence-electron chi connectivity index (χ1n) is 27.0. The maximum absolute atomic E-state index is 13.8. The van der Waals surface area contributed by atoms with Crippen molar-refractivity contribution in [3.05, 3.63) is 155 Å². The fraction of sp³-hybridized carbons (Fsp3) is 0.316. The molecule has 4 aromatic carbocycles.